The molecule has 7 nitrogen and oxygen atoms in total. The maximum atomic E-state index is 12.6. The van der Waals surface area contributed by atoms with Crippen LogP contribution >= 0.6 is 0 Å². The Kier molecular flexibility index (Phi) is 10.0. The number of esters is 1. The molecular weight excluding hydrogens is 408 g/mol. The van der Waals surface area contributed by atoms with Crippen LogP contribution < -0.4 is 14.8 Å². The zero-order valence-electron chi connectivity index (χ0n) is 19.6. The number of likely N-dealkylation sites (N-methyl/N-ethyl adjacent to an activating group) is 1. The van der Waals surface area contributed by atoms with E-state index >= 15 is 0 Å². The third-order valence-corrected chi connectivity index (χ3v) is 5.35. The Morgan fingerprint density at radius 2 is 1.75 bits per heavy atom. The summed E-state index contributed by atoms with van der Waals surface area (Å²) < 4.78 is 15.2. The van der Waals surface area contributed by atoms with Crippen molar-refractivity contribution < 1.29 is 23.8 Å². The number of amides is 1. The first kappa shape index (κ1) is 25.2. The number of hydrogen-bond donors (Lipinski definition) is 1. The molecule has 1 aliphatic heterocycles. The topological polar surface area (TPSA) is 77.1 Å². The van der Waals surface area contributed by atoms with Crippen molar-refractivity contribution in [3.8, 4) is 11.5 Å². The van der Waals surface area contributed by atoms with Gasteiger partial charge in [0.25, 0.3) is 5.91 Å². The van der Waals surface area contributed by atoms with Crippen LogP contribution in [0, 0.1) is 0 Å². The Balaban J connectivity index is 0.000000534. The first-order valence-corrected chi connectivity index (χ1v) is 10.8. The van der Waals surface area contributed by atoms with E-state index in [-0.39, 0.29) is 23.8 Å². The number of ether oxygens (including phenoxy) is 3. The second-order valence-electron chi connectivity index (χ2n) is 7.64. The van der Waals surface area contributed by atoms with Crippen molar-refractivity contribution in [2.75, 3.05) is 41.0 Å². The van der Waals surface area contributed by atoms with Gasteiger partial charge in [0.15, 0.2) is 11.5 Å². The highest BCUT2D eigenvalue weighted by Crippen LogP contribution is 2.34. The van der Waals surface area contributed by atoms with Crippen LogP contribution in [-0.2, 0) is 9.53 Å². The average Bonchev–Trinajstić information content (AvgIpc) is 2.80. The normalized spacial score (nSPS) is 18.0. The predicted molar refractivity (Wildman–Crippen MR) is 124 cm³/mol. The lowest BCUT2D eigenvalue weighted by molar-refractivity contribution is -0.140. The van der Waals surface area contributed by atoms with Gasteiger partial charge in [-0.3, -0.25) is 9.59 Å². The van der Waals surface area contributed by atoms with Crippen LogP contribution in [0.4, 0.5) is 0 Å². The van der Waals surface area contributed by atoms with E-state index in [4.69, 9.17) is 9.47 Å². The van der Waals surface area contributed by atoms with Gasteiger partial charge in [0.1, 0.15) is 0 Å². The summed E-state index contributed by atoms with van der Waals surface area (Å²) in [5.41, 5.74) is 1.84. The van der Waals surface area contributed by atoms with Crippen molar-refractivity contribution in [2.24, 2.45) is 0 Å². The van der Waals surface area contributed by atoms with Crippen LogP contribution in [-0.4, -0.2) is 63.8 Å². The second-order valence-corrected chi connectivity index (χ2v) is 7.64. The third-order valence-electron chi connectivity index (χ3n) is 5.35. The standard InChI is InChI=1S/C21H26N2O3.C4H8O2/c1-23-12-11-18(22-21(24)15-7-5-4-6-8-15)17(14-23)16-9-10-19(25-2)20(13-16)26-3;1-3-6-4(2)5/h4-10,13,17-18H,11-12,14H2,1-3H3,(H,22,24);3H2,1-2H3/t17-,18-;/m1./s1. The number of nitrogens with zero attached hydrogens (tertiary/aromatic N) is 1. The molecule has 1 saturated heterocycles. The summed E-state index contributed by atoms with van der Waals surface area (Å²) in [6.45, 7) is 5.50. The summed E-state index contributed by atoms with van der Waals surface area (Å²) in [5, 5.41) is 3.23. The van der Waals surface area contributed by atoms with Gasteiger partial charge in [-0.05, 0) is 56.8 Å². The Morgan fingerprint density at radius 3 is 2.31 bits per heavy atom. The van der Waals surface area contributed by atoms with Gasteiger partial charge in [-0.25, -0.2) is 0 Å². The number of likely N-dealkylation sites (tertiary alicyclic amines) is 1. The molecule has 0 aliphatic carbocycles. The third kappa shape index (κ3) is 7.27. The maximum Gasteiger partial charge on any atom is 0.302 e. The van der Waals surface area contributed by atoms with E-state index in [0.29, 0.717) is 23.7 Å². The number of carbonyl (C=O) groups is 2. The molecule has 2 atom stereocenters. The molecule has 0 spiro atoms. The molecule has 1 heterocycles. The fourth-order valence-corrected chi connectivity index (χ4v) is 3.75. The monoisotopic (exact) mass is 442 g/mol. The predicted octanol–water partition coefficient (Wildman–Crippen LogP) is 3.49. The van der Waals surface area contributed by atoms with Gasteiger partial charge in [-0.15, -0.1) is 0 Å². The fourth-order valence-electron chi connectivity index (χ4n) is 3.75. The van der Waals surface area contributed by atoms with Crippen molar-refractivity contribution in [3.63, 3.8) is 0 Å². The zero-order chi connectivity index (χ0) is 23.5. The van der Waals surface area contributed by atoms with Gasteiger partial charge >= 0.3 is 5.97 Å². The molecule has 2 aromatic rings. The second kappa shape index (κ2) is 12.7. The smallest absolute Gasteiger partial charge is 0.302 e. The van der Waals surface area contributed by atoms with Crippen molar-refractivity contribution in [1.82, 2.24) is 10.2 Å². The van der Waals surface area contributed by atoms with Gasteiger partial charge in [0.2, 0.25) is 0 Å². The first-order valence-electron chi connectivity index (χ1n) is 10.8. The average molecular weight is 443 g/mol. The van der Waals surface area contributed by atoms with E-state index in [9.17, 15) is 9.59 Å². The van der Waals surface area contributed by atoms with Crippen LogP contribution in [0.15, 0.2) is 48.5 Å². The molecular formula is C25H34N2O5. The minimum Gasteiger partial charge on any atom is -0.493 e. The van der Waals surface area contributed by atoms with E-state index in [1.807, 2.05) is 42.5 Å². The highest BCUT2D eigenvalue weighted by molar-refractivity contribution is 5.94. The summed E-state index contributed by atoms with van der Waals surface area (Å²) >= 11 is 0. The lowest BCUT2D eigenvalue weighted by Crippen LogP contribution is -2.48. The van der Waals surface area contributed by atoms with Gasteiger partial charge in [-0.1, -0.05) is 24.3 Å². The van der Waals surface area contributed by atoms with Crippen molar-refractivity contribution in [2.45, 2.75) is 32.2 Å². The minimum atomic E-state index is -0.211. The number of rotatable bonds is 6. The SMILES string of the molecule is CCOC(C)=O.COc1ccc([C@H]2CN(C)CC[C@H]2NC(=O)c2ccccc2)cc1OC. The molecule has 0 aromatic heterocycles. The lowest BCUT2D eigenvalue weighted by atomic mass is 9.85. The number of benzene rings is 2. The fraction of sp³-hybridized carbons (Fsp3) is 0.440. The molecule has 1 N–H and O–H groups in total. The van der Waals surface area contributed by atoms with Gasteiger partial charge in [-0.2, -0.15) is 0 Å². The quantitative estimate of drug-likeness (QED) is 0.690. The van der Waals surface area contributed by atoms with E-state index in [2.05, 4.69) is 28.1 Å². The Hall–Kier alpha value is -3.06. The van der Waals surface area contributed by atoms with E-state index in [0.717, 1.165) is 25.1 Å². The highest BCUT2D eigenvalue weighted by atomic mass is 16.5. The molecule has 1 aliphatic rings. The van der Waals surface area contributed by atoms with E-state index < -0.39 is 0 Å². The van der Waals surface area contributed by atoms with Gasteiger partial charge in [0, 0.05) is 31.0 Å². The molecule has 3 rings (SSSR count). The van der Waals surface area contributed by atoms with Gasteiger partial charge < -0.3 is 24.4 Å². The largest absolute Gasteiger partial charge is 0.493 e. The summed E-state index contributed by atoms with van der Waals surface area (Å²) in [5.74, 6) is 1.39. The highest BCUT2D eigenvalue weighted by Gasteiger charge is 2.31. The molecule has 0 radical (unpaired) electrons. The molecule has 0 unspecified atom stereocenters. The van der Waals surface area contributed by atoms with E-state index in [1.165, 1.54) is 6.92 Å². The van der Waals surface area contributed by atoms with Crippen LogP contribution in [0.2, 0.25) is 0 Å². The van der Waals surface area contributed by atoms with Crippen molar-refractivity contribution in [1.29, 1.82) is 0 Å². The van der Waals surface area contributed by atoms with Gasteiger partial charge in [0.05, 0.1) is 20.8 Å². The Labute approximate surface area is 190 Å². The summed E-state index contributed by atoms with van der Waals surface area (Å²) in [7, 11) is 5.39. The number of piperidine rings is 1. The summed E-state index contributed by atoms with van der Waals surface area (Å²) in [6, 6.07) is 15.5. The molecule has 1 fully saturated rings. The van der Waals surface area contributed by atoms with Crippen molar-refractivity contribution in [3.05, 3.63) is 59.7 Å². The molecule has 1 amide bonds. The Bertz CT molecular complexity index is 872. The minimum absolute atomic E-state index is 0.0226. The molecule has 2 aromatic carbocycles. The molecule has 32 heavy (non-hydrogen) atoms. The van der Waals surface area contributed by atoms with E-state index in [1.54, 1.807) is 21.1 Å². The van der Waals surface area contributed by atoms with Crippen LogP contribution in [0.5, 0.6) is 11.5 Å². The van der Waals surface area contributed by atoms with Crippen LogP contribution in [0.1, 0.15) is 42.1 Å². The summed E-state index contributed by atoms with van der Waals surface area (Å²) in [4.78, 5) is 24.7. The summed E-state index contributed by atoms with van der Waals surface area (Å²) in [6.07, 6.45) is 0.911. The van der Waals surface area contributed by atoms with Crippen molar-refractivity contribution >= 4 is 11.9 Å². The molecule has 0 saturated carbocycles. The number of nitrogens with one attached hydrogen (secondary N) is 1. The first-order chi connectivity index (χ1) is 15.4. The van der Waals surface area contributed by atoms with Crippen LogP contribution in [0.3, 0.4) is 0 Å². The number of methoxy groups -OCH3 is 2. The molecule has 174 valence electrons. The molecule has 7 heteroatoms. The number of carbonyl (C=O) groups excluding carboxylic acids is 2. The number of hydrogen-bond acceptors (Lipinski definition) is 6. The molecule has 0 bridgehead atoms. The Morgan fingerprint density at radius 1 is 1.06 bits per heavy atom. The lowest BCUT2D eigenvalue weighted by Gasteiger charge is -2.37. The zero-order valence-corrected chi connectivity index (χ0v) is 19.6. The van der Waals surface area contributed by atoms with Crippen LogP contribution in [0.25, 0.3) is 0 Å². The maximum absolute atomic E-state index is 12.6.